The number of nitrogen functional groups attached to an aromatic ring is 1. The summed E-state index contributed by atoms with van der Waals surface area (Å²) in [6.45, 7) is 4.58. The standard InChI is InChI=1S/C13H20N3/c14-12-6-2-3-7-13(12)15-8-11-16-9-4-1-5-10-16/h3,6-7,15H,1,4-5,8-11,14H2. The highest BCUT2D eigenvalue weighted by molar-refractivity contribution is 5.65. The second kappa shape index (κ2) is 5.75. The molecule has 0 unspecified atom stereocenters. The number of benzene rings is 1. The number of piperidine rings is 1. The molecule has 3 heteroatoms. The molecule has 1 aromatic carbocycles. The summed E-state index contributed by atoms with van der Waals surface area (Å²) in [6, 6.07) is 8.64. The number of nitrogens with zero attached hydrogens (tertiary/aromatic N) is 1. The van der Waals surface area contributed by atoms with Crippen molar-refractivity contribution in [3.63, 3.8) is 0 Å². The highest BCUT2D eigenvalue weighted by Gasteiger charge is 2.08. The van der Waals surface area contributed by atoms with E-state index in [-0.39, 0.29) is 0 Å². The number of rotatable bonds is 4. The Bertz CT molecular complexity index is 319. The van der Waals surface area contributed by atoms with Crippen LogP contribution in [0.25, 0.3) is 0 Å². The van der Waals surface area contributed by atoms with Crippen LogP contribution in [0.3, 0.4) is 0 Å². The molecule has 1 aromatic rings. The van der Waals surface area contributed by atoms with Crippen molar-refractivity contribution in [1.29, 1.82) is 0 Å². The van der Waals surface area contributed by atoms with E-state index in [2.05, 4.69) is 16.3 Å². The molecule has 0 atom stereocenters. The van der Waals surface area contributed by atoms with Gasteiger partial charge in [-0.05, 0) is 44.1 Å². The third-order valence-electron chi connectivity index (χ3n) is 3.09. The first-order valence-corrected chi connectivity index (χ1v) is 6.08. The van der Waals surface area contributed by atoms with Gasteiger partial charge in [0.25, 0.3) is 0 Å². The lowest BCUT2D eigenvalue weighted by Gasteiger charge is -2.26. The highest BCUT2D eigenvalue weighted by Crippen LogP contribution is 2.16. The Balaban J connectivity index is 1.73. The molecule has 16 heavy (non-hydrogen) atoms. The zero-order chi connectivity index (χ0) is 11.2. The van der Waals surface area contributed by atoms with Crippen molar-refractivity contribution in [3.05, 3.63) is 24.3 Å². The summed E-state index contributed by atoms with van der Waals surface area (Å²) in [5, 5.41) is 3.37. The van der Waals surface area contributed by atoms with E-state index in [1.165, 1.54) is 32.4 Å². The number of hydrogen-bond acceptors (Lipinski definition) is 3. The summed E-state index contributed by atoms with van der Waals surface area (Å²) in [7, 11) is 0. The normalized spacial score (nSPS) is 17.2. The molecular weight excluding hydrogens is 198 g/mol. The number of nitrogens with two attached hydrogens (primary N) is 1. The van der Waals surface area contributed by atoms with Crippen LogP contribution < -0.4 is 11.1 Å². The largest absolute Gasteiger partial charge is 0.397 e. The van der Waals surface area contributed by atoms with Gasteiger partial charge in [0.1, 0.15) is 0 Å². The minimum Gasteiger partial charge on any atom is -0.397 e. The lowest BCUT2D eigenvalue weighted by molar-refractivity contribution is 0.237. The summed E-state index contributed by atoms with van der Waals surface area (Å²) >= 11 is 0. The van der Waals surface area contributed by atoms with Crippen molar-refractivity contribution in [3.8, 4) is 0 Å². The summed E-state index contributed by atoms with van der Waals surface area (Å²) < 4.78 is 0. The van der Waals surface area contributed by atoms with Gasteiger partial charge in [-0.2, -0.15) is 0 Å². The van der Waals surface area contributed by atoms with Gasteiger partial charge in [-0.15, -0.1) is 0 Å². The van der Waals surface area contributed by atoms with Crippen LogP contribution in [-0.4, -0.2) is 31.1 Å². The fourth-order valence-corrected chi connectivity index (χ4v) is 2.14. The van der Waals surface area contributed by atoms with E-state index in [1.54, 1.807) is 0 Å². The average Bonchev–Trinajstić information content (AvgIpc) is 2.33. The van der Waals surface area contributed by atoms with Gasteiger partial charge in [0.05, 0.1) is 11.4 Å². The van der Waals surface area contributed by atoms with Gasteiger partial charge in [-0.25, -0.2) is 0 Å². The Morgan fingerprint density at radius 2 is 2.12 bits per heavy atom. The average molecular weight is 218 g/mol. The second-order valence-electron chi connectivity index (χ2n) is 4.34. The van der Waals surface area contributed by atoms with Crippen molar-refractivity contribution in [2.24, 2.45) is 0 Å². The topological polar surface area (TPSA) is 41.3 Å². The number of nitrogens with one attached hydrogen (secondary N) is 1. The molecule has 3 N–H and O–H groups in total. The molecule has 0 saturated carbocycles. The third kappa shape index (κ3) is 3.14. The molecule has 0 spiro atoms. The quantitative estimate of drug-likeness (QED) is 0.759. The minimum atomic E-state index is 0.779. The first-order valence-electron chi connectivity index (χ1n) is 6.08. The maximum Gasteiger partial charge on any atom is 0.0574 e. The van der Waals surface area contributed by atoms with Crippen LogP contribution in [0.1, 0.15) is 19.3 Å². The van der Waals surface area contributed by atoms with Gasteiger partial charge in [-0.3, -0.25) is 0 Å². The van der Waals surface area contributed by atoms with Crippen molar-refractivity contribution >= 4 is 11.4 Å². The third-order valence-corrected chi connectivity index (χ3v) is 3.09. The van der Waals surface area contributed by atoms with E-state index in [0.717, 1.165) is 24.5 Å². The molecule has 2 rings (SSSR count). The predicted molar refractivity (Wildman–Crippen MR) is 68.5 cm³/mol. The van der Waals surface area contributed by atoms with Crippen LogP contribution in [0, 0.1) is 6.07 Å². The molecule has 1 aliphatic rings. The summed E-state index contributed by atoms with van der Waals surface area (Å²) in [5.74, 6) is 0. The highest BCUT2D eigenvalue weighted by atomic mass is 15.1. The molecule has 0 amide bonds. The molecule has 3 nitrogen and oxygen atoms in total. The summed E-state index contributed by atoms with van der Waals surface area (Å²) in [4.78, 5) is 2.52. The fraction of sp³-hybridized carbons (Fsp3) is 0.538. The molecular formula is C13H20N3. The van der Waals surface area contributed by atoms with Crippen LogP contribution in [0.2, 0.25) is 0 Å². The Labute approximate surface area is 97.6 Å². The number of hydrogen-bond donors (Lipinski definition) is 2. The van der Waals surface area contributed by atoms with Crippen LogP contribution in [0.5, 0.6) is 0 Å². The minimum absolute atomic E-state index is 0.779. The molecule has 1 aliphatic heterocycles. The van der Waals surface area contributed by atoms with E-state index in [4.69, 9.17) is 5.73 Å². The van der Waals surface area contributed by atoms with Crippen molar-refractivity contribution in [2.45, 2.75) is 19.3 Å². The van der Waals surface area contributed by atoms with Gasteiger partial charge in [0, 0.05) is 13.1 Å². The summed E-state index contributed by atoms with van der Waals surface area (Å²) in [5.41, 5.74) is 7.64. The van der Waals surface area contributed by atoms with Crippen molar-refractivity contribution < 1.29 is 0 Å². The monoisotopic (exact) mass is 218 g/mol. The molecule has 1 fully saturated rings. The van der Waals surface area contributed by atoms with E-state index in [1.807, 2.05) is 18.2 Å². The van der Waals surface area contributed by atoms with E-state index >= 15 is 0 Å². The first-order chi connectivity index (χ1) is 7.86. The Morgan fingerprint density at radius 3 is 2.88 bits per heavy atom. The van der Waals surface area contributed by atoms with Crippen LogP contribution in [0.15, 0.2) is 18.2 Å². The maximum atomic E-state index is 5.83. The lowest BCUT2D eigenvalue weighted by Crippen LogP contribution is -2.33. The van der Waals surface area contributed by atoms with Gasteiger partial charge < -0.3 is 16.0 Å². The van der Waals surface area contributed by atoms with E-state index < -0.39 is 0 Å². The van der Waals surface area contributed by atoms with E-state index in [9.17, 15) is 0 Å². The first kappa shape index (κ1) is 11.3. The number of anilines is 2. The Kier molecular flexibility index (Phi) is 4.05. The number of likely N-dealkylation sites (tertiary alicyclic amines) is 1. The van der Waals surface area contributed by atoms with Crippen molar-refractivity contribution in [2.75, 3.05) is 37.2 Å². The molecule has 0 aromatic heterocycles. The Morgan fingerprint density at radius 1 is 1.31 bits per heavy atom. The Hall–Kier alpha value is -1.22. The van der Waals surface area contributed by atoms with Gasteiger partial charge in [-0.1, -0.05) is 12.5 Å². The molecule has 1 saturated heterocycles. The second-order valence-corrected chi connectivity index (χ2v) is 4.34. The smallest absolute Gasteiger partial charge is 0.0574 e. The summed E-state index contributed by atoms with van der Waals surface area (Å²) in [6.07, 6.45) is 4.09. The molecule has 87 valence electrons. The maximum absolute atomic E-state index is 5.83. The van der Waals surface area contributed by atoms with E-state index in [0.29, 0.717) is 0 Å². The zero-order valence-electron chi connectivity index (χ0n) is 9.71. The van der Waals surface area contributed by atoms with Crippen LogP contribution in [-0.2, 0) is 0 Å². The fourth-order valence-electron chi connectivity index (χ4n) is 2.14. The van der Waals surface area contributed by atoms with Gasteiger partial charge >= 0.3 is 0 Å². The van der Waals surface area contributed by atoms with Gasteiger partial charge in [0.15, 0.2) is 0 Å². The molecule has 1 radical (unpaired) electrons. The predicted octanol–water partition coefficient (Wildman–Crippen LogP) is 1.97. The van der Waals surface area contributed by atoms with Gasteiger partial charge in [0.2, 0.25) is 0 Å². The van der Waals surface area contributed by atoms with Crippen LogP contribution >= 0.6 is 0 Å². The molecule has 0 aliphatic carbocycles. The van der Waals surface area contributed by atoms with Crippen LogP contribution in [0.4, 0.5) is 11.4 Å². The SMILES string of the molecule is Nc1c[c]ccc1NCCN1CCCCC1. The lowest BCUT2D eigenvalue weighted by atomic mass is 10.1. The zero-order valence-corrected chi connectivity index (χ0v) is 9.71. The van der Waals surface area contributed by atoms with Crippen molar-refractivity contribution in [1.82, 2.24) is 4.90 Å². The molecule has 1 heterocycles. The molecule has 0 bridgehead atoms.